The normalized spacial score (nSPS) is 12.1. The minimum absolute atomic E-state index is 0.0691. The van der Waals surface area contributed by atoms with Crippen LogP contribution < -0.4 is 0 Å². The van der Waals surface area contributed by atoms with Crippen molar-refractivity contribution in [2.75, 3.05) is 6.61 Å². The molecule has 16 heavy (non-hydrogen) atoms. The van der Waals surface area contributed by atoms with Crippen LogP contribution in [0.4, 0.5) is 5.69 Å². The molecule has 86 valence electrons. The maximum atomic E-state index is 10.7. The summed E-state index contributed by atoms with van der Waals surface area (Å²) >= 11 is 0. The molecule has 6 heteroatoms. The number of para-hydroxylation sites is 1. The number of rotatable bonds is 5. The van der Waals surface area contributed by atoms with Gasteiger partial charge in [0.05, 0.1) is 16.6 Å². The van der Waals surface area contributed by atoms with Gasteiger partial charge in [0.1, 0.15) is 6.61 Å². The lowest BCUT2D eigenvalue weighted by Crippen LogP contribution is -2.11. The average Bonchev–Trinajstić information content (AvgIpc) is 2.25. The van der Waals surface area contributed by atoms with Crippen LogP contribution in [0.2, 0.25) is 0 Å². The highest BCUT2D eigenvalue weighted by Gasteiger charge is 2.18. The summed E-state index contributed by atoms with van der Waals surface area (Å²) in [4.78, 5) is 20.5. The van der Waals surface area contributed by atoms with E-state index in [9.17, 15) is 14.9 Å². The van der Waals surface area contributed by atoms with Gasteiger partial charge >= 0.3 is 5.97 Å². The molecule has 1 atom stereocenters. The van der Waals surface area contributed by atoms with Crippen LogP contribution in [-0.2, 0) is 9.53 Å². The van der Waals surface area contributed by atoms with E-state index >= 15 is 0 Å². The molecule has 0 heterocycles. The first-order valence-electron chi connectivity index (χ1n) is 4.59. The van der Waals surface area contributed by atoms with Gasteiger partial charge in [-0.3, -0.25) is 10.1 Å². The highest BCUT2D eigenvalue weighted by molar-refractivity contribution is 5.68. The summed E-state index contributed by atoms with van der Waals surface area (Å²) in [7, 11) is 0. The zero-order valence-corrected chi connectivity index (χ0v) is 8.62. The Hall–Kier alpha value is -1.95. The van der Waals surface area contributed by atoms with Crippen molar-refractivity contribution in [1.29, 1.82) is 0 Å². The fourth-order valence-corrected chi connectivity index (χ4v) is 1.28. The Labute approximate surface area is 91.6 Å². The number of carboxylic acids is 1. The first kappa shape index (κ1) is 12.1. The smallest absolute Gasteiger partial charge is 0.329 e. The number of carbonyl (C=O) groups is 1. The molecule has 0 saturated heterocycles. The molecule has 0 aliphatic carbocycles. The van der Waals surface area contributed by atoms with E-state index in [0.717, 1.165) is 0 Å². The van der Waals surface area contributed by atoms with Crippen LogP contribution in [0.1, 0.15) is 18.6 Å². The summed E-state index contributed by atoms with van der Waals surface area (Å²) in [6.07, 6.45) is -0.627. The third-order valence-corrected chi connectivity index (χ3v) is 2.03. The number of carboxylic acid groups (broad SMARTS) is 1. The first-order chi connectivity index (χ1) is 7.52. The summed E-state index contributed by atoms with van der Waals surface area (Å²) in [5, 5.41) is 19.1. The van der Waals surface area contributed by atoms with E-state index in [1.165, 1.54) is 6.07 Å². The van der Waals surface area contributed by atoms with E-state index in [4.69, 9.17) is 9.84 Å². The van der Waals surface area contributed by atoms with E-state index in [1.54, 1.807) is 25.1 Å². The number of nitro benzene ring substituents is 1. The van der Waals surface area contributed by atoms with Gasteiger partial charge in [-0.2, -0.15) is 0 Å². The van der Waals surface area contributed by atoms with Gasteiger partial charge in [0.25, 0.3) is 5.69 Å². The van der Waals surface area contributed by atoms with Crippen molar-refractivity contribution < 1.29 is 19.6 Å². The summed E-state index contributed by atoms with van der Waals surface area (Å²) in [5.74, 6) is -1.11. The second-order valence-corrected chi connectivity index (χ2v) is 3.16. The molecule has 0 aromatic heterocycles. The van der Waals surface area contributed by atoms with Crippen LogP contribution in [-0.4, -0.2) is 22.6 Å². The topological polar surface area (TPSA) is 89.7 Å². The van der Waals surface area contributed by atoms with Crippen molar-refractivity contribution in [3.05, 3.63) is 39.9 Å². The van der Waals surface area contributed by atoms with Gasteiger partial charge in [0.15, 0.2) is 0 Å². The predicted molar refractivity (Wildman–Crippen MR) is 55.1 cm³/mol. The number of benzene rings is 1. The monoisotopic (exact) mass is 225 g/mol. The maximum Gasteiger partial charge on any atom is 0.329 e. The van der Waals surface area contributed by atoms with Gasteiger partial charge in [-0.1, -0.05) is 12.1 Å². The van der Waals surface area contributed by atoms with Gasteiger partial charge in [0.2, 0.25) is 0 Å². The van der Waals surface area contributed by atoms with E-state index in [2.05, 4.69) is 0 Å². The molecule has 0 spiro atoms. The molecule has 1 aromatic rings. The van der Waals surface area contributed by atoms with Crippen LogP contribution in [0.5, 0.6) is 0 Å². The van der Waals surface area contributed by atoms with Crippen LogP contribution in [0, 0.1) is 10.1 Å². The lowest BCUT2D eigenvalue weighted by atomic mass is 10.1. The largest absolute Gasteiger partial charge is 0.480 e. The molecule has 0 aliphatic rings. The molecular weight excluding hydrogens is 214 g/mol. The van der Waals surface area contributed by atoms with E-state index < -0.39 is 23.6 Å². The summed E-state index contributed by atoms with van der Waals surface area (Å²) in [5.41, 5.74) is 0.300. The zero-order valence-electron chi connectivity index (χ0n) is 8.62. The Morgan fingerprint density at radius 2 is 2.19 bits per heavy atom. The highest BCUT2D eigenvalue weighted by Crippen LogP contribution is 2.26. The summed E-state index contributed by atoms with van der Waals surface area (Å²) in [6, 6.07) is 6.09. The Kier molecular flexibility index (Phi) is 3.96. The van der Waals surface area contributed by atoms with Crippen molar-refractivity contribution in [3.63, 3.8) is 0 Å². The molecule has 0 bridgehead atoms. The van der Waals surface area contributed by atoms with E-state index in [0.29, 0.717) is 5.56 Å². The standard InChI is InChI=1S/C10H11NO5/c1-7(16-6-10(12)13)8-4-2-3-5-9(8)11(14)15/h2-5,7H,6H2,1H3,(H,12,13). The SMILES string of the molecule is CC(OCC(=O)O)c1ccccc1[N+](=O)[O-]. The van der Waals surface area contributed by atoms with Crippen molar-refractivity contribution in [2.24, 2.45) is 0 Å². The van der Waals surface area contributed by atoms with Crippen molar-refractivity contribution >= 4 is 11.7 Å². The second-order valence-electron chi connectivity index (χ2n) is 3.16. The number of hydrogen-bond donors (Lipinski definition) is 1. The molecule has 0 saturated carbocycles. The molecule has 1 rings (SSSR count). The summed E-state index contributed by atoms with van der Waals surface area (Å²) < 4.78 is 4.98. The third-order valence-electron chi connectivity index (χ3n) is 2.03. The van der Waals surface area contributed by atoms with Gasteiger partial charge < -0.3 is 9.84 Å². The molecule has 1 N–H and O–H groups in total. The van der Waals surface area contributed by atoms with E-state index in [-0.39, 0.29) is 5.69 Å². The highest BCUT2D eigenvalue weighted by atomic mass is 16.6. The second kappa shape index (κ2) is 5.22. The fourth-order valence-electron chi connectivity index (χ4n) is 1.28. The van der Waals surface area contributed by atoms with Crippen LogP contribution in [0.25, 0.3) is 0 Å². The van der Waals surface area contributed by atoms with Crippen molar-refractivity contribution in [1.82, 2.24) is 0 Å². The van der Waals surface area contributed by atoms with Crippen molar-refractivity contribution in [3.8, 4) is 0 Å². The maximum absolute atomic E-state index is 10.7. The molecule has 0 aliphatic heterocycles. The number of nitrogens with zero attached hydrogens (tertiary/aromatic N) is 1. The van der Waals surface area contributed by atoms with Crippen LogP contribution in [0.3, 0.4) is 0 Å². The van der Waals surface area contributed by atoms with Crippen LogP contribution in [0.15, 0.2) is 24.3 Å². The average molecular weight is 225 g/mol. The molecule has 0 radical (unpaired) electrons. The Bertz CT molecular complexity index is 404. The minimum Gasteiger partial charge on any atom is -0.480 e. The Morgan fingerprint density at radius 1 is 1.56 bits per heavy atom. The lowest BCUT2D eigenvalue weighted by Gasteiger charge is -2.11. The van der Waals surface area contributed by atoms with Gasteiger partial charge in [-0.15, -0.1) is 0 Å². The van der Waals surface area contributed by atoms with Gasteiger partial charge in [0, 0.05) is 6.07 Å². The predicted octanol–water partition coefficient (Wildman–Crippen LogP) is 1.76. The number of ether oxygens (including phenoxy) is 1. The lowest BCUT2D eigenvalue weighted by molar-refractivity contribution is -0.386. The van der Waals surface area contributed by atoms with Gasteiger partial charge in [-0.05, 0) is 13.0 Å². The zero-order chi connectivity index (χ0) is 12.1. The van der Waals surface area contributed by atoms with E-state index in [1.807, 2.05) is 0 Å². The molecule has 0 amide bonds. The molecule has 6 nitrogen and oxygen atoms in total. The fraction of sp³-hybridized carbons (Fsp3) is 0.300. The minimum atomic E-state index is -1.11. The first-order valence-corrected chi connectivity index (χ1v) is 4.59. The molecular formula is C10H11NO5. The number of aliphatic carboxylic acids is 1. The molecule has 1 aromatic carbocycles. The Balaban J connectivity index is 2.85. The quantitative estimate of drug-likeness (QED) is 0.609. The molecule has 1 unspecified atom stereocenters. The van der Waals surface area contributed by atoms with Crippen molar-refractivity contribution in [2.45, 2.75) is 13.0 Å². The Morgan fingerprint density at radius 3 is 2.75 bits per heavy atom. The third kappa shape index (κ3) is 3.03. The molecule has 0 fully saturated rings. The number of nitro groups is 1. The number of hydrogen-bond acceptors (Lipinski definition) is 4. The van der Waals surface area contributed by atoms with Crippen LogP contribution >= 0.6 is 0 Å². The van der Waals surface area contributed by atoms with Gasteiger partial charge in [-0.25, -0.2) is 4.79 Å². The summed E-state index contributed by atoms with van der Waals surface area (Å²) in [6.45, 7) is 1.10.